The van der Waals surface area contributed by atoms with Crippen LogP contribution in [0.4, 0.5) is 0 Å². The molecule has 14 heavy (non-hydrogen) atoms. The van der Waals surface area contributed by atoms with Gasteiger partial charge in [0.05, 0.1) is 11.7 Å². The van der Waals surface area contributed by atoms with E-state index < -0.39 is 12.1 Å². The van der Waals surface area contributed by atoms with E-state index in [-0.39, 0.29) is 11.0 Å². The number of carboxylic acids is 1. The van der Waals surface area contributed by atoms with Crippen molar-refractivity contribution in [1.82, 2.24) is 0 Å². The van der Waals surface area contributed by atoms with Crippen molar-refractivity contribution in [3.8, 4) is 0 Å². The summed E-state index contributed by atoms with van der Waals surface area (Å²) in [6, 6.07) is 0. The highest BCUT2D eigenvalue weighted by atomic mass is 127. The monoisotopic (exact) mass is 312 g/mol. The Kier molecular flexibility index (Phi) is 5.66. The lowest BCUT2D eigenvalue weighted by molar-refractivity contribution is -0.134. The fourth-order valence-corrected chi connectivity index (χ4v) is 2.03. The molecular formula is C10H17IO3. The second-order valence-corrected chi connectivity index (χ2v) is 4.63. The van der Waals surface area contributed by atoms with E-state index >= 15 is 0 Å². The van der Waals surface area contributed by atoms with Gasteiger partial charge in [0.15, 0.2) is 0 Å². The Morgan fingerprint density at radius 1 is 1.57 bits per heavy atom. The van der Waals surface area contributed by atoms with Crippen LogP contribution in [0.3, 0.4) is 0 Å². The van der Waals surface area contributed by atoms with E-state index in [0.717, 1.165) is 12.8 Å². The Morgan fingerprint density at radius 2 is 2.07 bits per heavy atom. The summed E-state index contributed by atoms with van der Waals surface area (Å²) in [5, 5.41) is 18.7. The van der Waals surface area contributed by atoms with Crippen LogP contribution in [0, 0.1) is 5.41 Å². The standard InChI is InChI=1S/C10H17IO3/c1-4-5-10(2,3)8(12)7(6-11)9(13)14/h6,8,12H,4-5H2,1-3H3,(H,13,14)/b7-6+. The number of aliphatic hydroxyl groups is 1. The lowest BCUT2D eigenvalue weighted by atomic mass is 9.79. The second-order valence-electron chi connectivity index (χ2n) is 4.01. The molecule has 1 unspecified atom stereocenters. The van der Waals surface area contributed by atoms with Gasteiger partial charge in [-0.15, -0.1) is 0 Å². The molecule has 0 fully saturated rings. The van der Waals surface area contributed by atoms with Crippen LogP contribution >= 0.6 is 22.6 Å². The minimum atomic E-state index is -1.05. The van der Waals surface area contributed by atoms with Crippen LogP contribution in [0.2, 0.25) is 0 Å². The third-order valence-electron chi connectivity index (χ3n) is 2.29. The molecule has 0 heterocycles. The van der Waals surface area contributed by atoms with Gasteiger partial charge in [0.1, 0.15) is 0 Å². The van der Waals surface area contributed by atoms with Crippen LogP contribution in [-0.2, 0) is 4.79 Å². The number of carboxylic acid groups (broad SMARTS) is 1. The molecule has 0 bridgehead atoms. The molecule has 0 aromatic rings. The predicted octanol–water partition coefficient (Wildman–Crippen LogP) is 2.58. The minimum Gasteiger partial charge on any atom is -0.478 e. The van der Waals surface area contributed by atoms with Crippen molar-refractivity contribution >= 4 is 28.6 Å². The topological polar surface area (TPSA) is 57.5 Å². The predicted molar refractivity (Wildman–Crippen MR) is 64.4 cm³/mol. The molecule has 0 aromatic heterocycles. The second kappa shape index (κ2) is 5.70. The Labute approximate surface area is 98.3 Å². The lowest BCUT2D eigenvalue weighted by Crippen LogP contribution is -2.33. The molecule has 0 aliphatic rings. The molecule has 0 amide bonds. The average molecular weight is 312 g/mol. The molecule has 0 aliphatic heterocycles. The van der Waals surface area contributed by atoms with Gasteiger partial charge < -0.3 is 10.2 Å². The molecular weight excluding hydrogens is 295 g/mol. The molecule has 0 saturated heterocycles. The van der Waals surface area contributed by atoms with E-state index in [4.69, 9.17) is 5.11 Å². The van der Waals surface area contributed by atoms with E-state index in [0.29, 0.717) is 0 Å². The van der Waals surface area contributed by atoms with Crippen LogP contribution in [0.1, 0.15) is 33.6 Å². The fourth-order valence-electron chi connectivity index (χ4n) is 1.43. The SMILES string of the molecule is CCCC(C)(C)C(O)/C(=C\I)C(=O)O. The molecule has 1 atom stereocenters. The van der Waals surface area contributed by atoms with Crippen molar-refractivity contribution in [2.75, 3.05) is 0 Å². The van der Waals surface area contributed by atoms with Gasteiger partial charge in [0.2, 0.25) is 0 Å². The number of rotatable bonds is 5. The molecule has 0 radical (unpaired) electrons. The van der Waals surface area contributed by atoms with E-state index in [9.17, 15) is 9.90 Å². The normalized spacial score (nSPS) is 15.4. The highest BCUT2D eigenvalue weighted by Gasteiger charge is 2.32. The highest BCUT2D eigenvalue weighted by molar-refractivity contribution is 14.1. The van der Waals surface area contributed by atoms with Gasteiger partial charge in [-0.3, -0.25) is 0 Å². The van der Waals surface area contributed by atoms with Crippen LogP contribution in [0.5, 0.6) is 0 Å². The van der Waals surface area contributed by atoms with Gasteiger partial charge in [-0.2, -0.15) is 0 Å². The van der Waals surface area contributed by atoms with Crippen molar-refractivity contribution in [3.05, 3.63) is 9.66 Å². The molecule has 2 N–H and O–H groups in total. The van der Waals surface area contributed by atoms with Crippen molar-refractivity contribution in [2.45, 2.75) is 39.7 Å². The Balaban J connectivity index is 4.74. The molecule has 0 rings (SSSR count). The van der Waals surface area contributed by atoms with Crippen molar-refractivity contribution in [1.29, 1.82) is 0 Å². The van der Waals surface area contributed by atoms with Crippen LogP contribution in [-0.4, -0.2) is 22.3 Å². The van der Waals surface area contributed by atoms with Crippen LogP contribution in [0.25, 0.3) is 0 Å². The number of hydrogen-bond donors (Lipinski definition) is 2. The van der Waals surface area contributed by atoms with Gasteiger partial charge in [0, 0.05) is 0 Å². The lowest BCUT2D eigenvalue weighted by Gasteiger charge is -2.30. The van der Waals surface area contributed by atoms with E-state index in [2.05, 4.69) is 0 Å². The summed E-state index contributed by atoms with van der Waals surface area (Å²) in [5.41, 5.74) is -0.312. The first-order chi connectivity index (χ1) is 6.36. The summed E-state index contributed by atoms with van der Waals surface area (Å²) in [7, 11) is 0. The van der Waals surface area contributed by atoms with E-state index in [1.54, 1.807) is 0 Å². The number of carbonyl (C=O) groups is 1. The van der Waals surface area contributed by atoms with Crippen molar-refractivity contribution < 1.29 is 15.0 Å². The van der Waals surface area contributed by atoms with Crippen LogP contribution < -0.4 is 0 Å². The molecule has 0 saturated carbocycles. The quantitative estimate of drug-likeness (QED) is 0.606. The Morgan fingerprint density at radius 3 is 2.36 bits per heavy atom. The van der Waals surface area contributed by atoms with Crippen LogP contribution in [0.15, 0.2) is 9.66 Å². The maximum absolute atomic E-state index is 10.8. The maximum atomic E-state index is 10.8. The van der Waals surface area contributed by atoms with Crippen molar-refractivity contribution in [2.24, 2.45) is 5.41 Å². The molecule has 82 valence electrons. The number of halogens is 1. The third-order valence-corrected chi connectivity index (χ3v) is 2.96. The first-order valence-electron chi connectivity index (χ1n) is 4.58. The zero-order chi connectivity index (χ0) is 11.4. The fraction of sp³-hybridized carbons (Fsp3) is 0.700. The van der Waals surface area contributed by atoms with Gasteiger partial charge in [-0.25, -0.2) is 4.79 Å². The molecule has 0 aliphatic carbocycles. The van der Waals surface area contributed by atoms with Gasteiger partial charge in [0.25, 0.3) is 0 Å². The third kappa shape index (κ3) is 3.57. The summed E-state index contributed by atoms with van der Waals surface area (Å²) in [4.78, 5) is 10.8. The van der Waals surface area contributed by atoms with Gasteiger partial charge in [-0.1, -0.05) is 49.8 Å². The van der Waals surface area contributed by atoms with Crippen molar-refractivity contribution in [3.63, 3.8) is 0 Å². The zero-order valence-corrected chi connectivity index (χ0v) is 10.9. The number of aliphatic hydroxyl groups excluding tert-OH is 1. The first kappa shape index (κ1) is 13.9. The zero-order valence-electron chi connectivity index (χ0n) is 8.75. The Bertz CT molecular complexity index is 234. The molecule has 3 nitrogen and oxygen atoms in total. The summed E-state index contributed by atoms with van der Waals surface area (Å²) in [6.45, 7) is 5.77. The number of aliphatic carboxylic acids is 1. The largest absolute Gasteiger partial charge is 0.478 e. The highest BCUT2D eigenvalue weighted by Crippen LogP contribution is 2.31. The average Bonchev–Trinajstić information content (AvgIpc) is 2.04. The summed E-state index contributed by atoms with van der Waals surface area (Å²) in [6.07, 6.45) is 0.824. The Hall–Kier alpha value is -0.100. The van der Waals surface area contributed by atoms with Gasteiger partial charge in [-0.05, 0) is 15.9 Å². The smallest absolute Gasteiger partial charge is 0.334 e. The summed E-state index contributed by atoms with van der Waals surface area (Å²) < 4.78 is 1.43. The molecule has 0 spiro atoms. The maximum Gasteiger partial charge on any atom is 0.334 e. The minimum absolute atomic E-state index is 0.0732. The van der Waals surface area contributed by atoms with E-state index in [1.165, 1.54) is 4.08 Å². The first-order valence-corrected chi connectivity index (χ1v) is 5.83. The molecule has 0 aromatic carbocycles. The number of hydrogen-bond acceptors (Lipinski definition) is 2. The van der Waals surface area contributed by atoms with E-state index in [1.807, 2.05) is 43.4 Å². The summed E-state index contributed by atoms with van der Waals surface area (Å²) >= 11 is 1.85. The van der Waals surface area contributed by atoms with Gasteiger partial charge >= 0.3 is 5.97 Å². The molecule has 4 heteroatoms. The summed E-state index contributed by atoms with van der Waals surface area (Å²) in [5.74, 6) is -1.05.